The lowest BCUT2D eigenvalue weighted by atomic mass is 10.0. The summed E-state index contributed by atoms with van der Waals surface area (Å²) in [4.78, 5) is 11.5. The molecule has 1 atom stereocenters. The van der Waals surface area contributed by atoms with E-state index in [1.54, 1.807) is 0 Å². The van der Waals surface area contributed by atoms with Crippen LogP contribution in [0.15, 0.2) is 0 Å². The first-order valence-corrected chi connectivity index (χ1v) is 5.06. The van der Waals surface area contributed by atoms with Crippen molar-refractivity contribution in [3.8, 4) is 0 Å². The van der Waals surface area contributed by atoms with Gasteiger partial charge in [-0.05, 0) is 26.7 Å². The van der Waals surface area contributed by atoms with Crippen LogP contribution < -0.4 is 5.32 Å². The third-order valence-electron chi connectivity index (χ3n) is 2.33. The number of carbonyl (C=O) groups excluding carboxylic acids is 1. The van der Waals surface area contributed by atoms with Gasteiger partial charge < -0.3 is 9.47 Å². The highest BCUT2D eigenvalue weighted by atomic mass is 16.5. The van der Waals surface area contributed by atoms with E-state index in [0.717, 1.165) is 12.8 Å². The molecule has 0 aromatic carbocycles. The number of carbonyl (C=O) groups is 1. The molecule has 0 radical (unpaired) electrons. The molecular weight excluding hydrogens is 182 g/mol. The normalized spacial score (nSPS) is 20.2. The molecule has 1 aliphatic carbocycles. The average molecular weight is 201 g/mol. The Morgan fingerprint density at radius 2 is 2.21 bits per heavy atom. The minimum absolute atomic E-state index is 0.252. The van der Waals surface area contributed by atoms with Crippen LogP contribution in [0.4, 0.5) is 0 Å². The molecular formula is C10H19NO3. The van der Waals surface area contributed by atoms with Gasteiger partial charge in [-0.25, -0.2) is 4.79 Å². The summed E-state index contributed by atoms with van der Waals surface area (Å²) < 4.78 is 10.0. The number of hydrogen-bond acceptors (Lipinski definition) is 4. The van der Waals surface area contributed by atoms with Gasteiger partial charge in [-0.2, -0.15) is 0 Å². The lowest BCUT2D eigenvalue weighted by molar-refractivity contribution is -0.150. The van der Waals surface area contributed by atoms with Crippen LogP contribution in [-0.2, 0) is 14.3 Å². The molecule has 0 heterocycles. The third-order valence-corrected chi connectivity index (χ3v) is 2.33. The van der Waals surface area contributed by atoms with E-state index >= 15 is 0 Å². The van der Waals surface area contributed by atoms with E-state index in [1.165, 1.54) is 7.11 Å². The first-order valence-electron chi connectivity index (χ1n) is 5.06. The van der Waals surface area contributed by atoms with Crippen molar-refractivity contribution in [2.75, 3.05) is 20.3 Å². The largest absolute Gasteiger partial charge is 0.468 e. The Labute approximate surface area is 85.0 Å². The van der Waals surface area contributed by atoms with Crippen LogP contribution in [0.1, 0.15) is 26.7 Å². The summed E-state index contributed by atoms with van der Waals surface area (Å²) in [6.45, 7) is 4.72. The summed E-state index contributed by atoms with van der Waals surface area (Å²) in [7, 11) is 1.40. The summed E-state index contributed by atoms with van der Waals surface area (Å²) in [6.07, 6.45) is 2.28. The molecule has 4 heteroatoms. The smallest absolute Gasteiger partial charge is 0.328 e. The van der Waals surface area contributed by atoms with Crippen molar-refractivity contribution in [1.82, 2.24) is 5.32 Å². The molecule has 0 aromatic heterocycles. The molecule has 14 heavy (non-hydrogen) atoms. The fourth-order valence-corrected chi connectivity index (χ4v) is 1.37. The molecule has 1 rings (SSSR count). The van der Waals surface area contributed by atoms with Crippen molar-refractivity contribution in [3.63, 3.8) is 0 Å². The zero-order valence-electron chi connectivity index (χ0n) is 9.13. The molecule has 4 nitrogen and oxygen atoms in total. The van der Waals surface area contributed by atoms with Gasteiger partial charge in [0.1, 0.15) is 5.54 Å². The summed E-state index contributed by atoms with van der Waals surface area (Å²) in [5, 5.41) is 3.25. The predicted octanol–water partition coefficient (Wildman–Crippen LogP) is 0.707. The molecule has 0 aliphatic heterocycles. The van der Waals surface area contributed by atoms with Crippen LogP contribution in [-0.4, -0.2) is 37.9 Å². The second-order valence-corrected chi connectivity index (χ2v) is 3.88. The first kappa shape index (κ1) is 11.5. The summed E-state index contributed by atoms with van der Waals surface area (Å²) in [5.74, 6) is -0.252. The maximum atomic E-state index is 11.5. The van der Waals surface area contributed by atoms with E-state index in [9.17, 15) is 4.79 Å². The molecule has 82 valence electrons. The van der Waals surface area contributed by atoms with E-state index in [2.05, 4.69) is 5.32 Å². The second kappa shape index (κ2) is 4.75. The number of esters is 1. The highest BCUT2D eigenvalue weighted by molar-refractivity contribution is 5.80. The molecule has 1 aliphatic rings. The molecule has 0 spiro atoms. The van der Waals surface area contributed by atoms with Crippen molar-refractivity contribution in [2.45, 2.75) is 38.3 Å². The van der Waals surface area contributed by atoms with E-state index in [1.807, 2.05) is 13.8 Å². The zero-order chi connectivity index (χ0) is 10.6. The summed E-state index contributed by atoms with van der Waals surface area (Å²) in [5.41, 5.74) is -0.689. The third kappa shape index (κ3) is 2.96. The van der Waals surface area contributed by atoms with Crippen molar-refractivity contribution < 1.29 is 14.3 Å². The highest BCUT2D eigenvalue weighted by Gasteiger charge is 2.39. The Bertz CT molecular complexity index is 204. The maximum absolute atomic E-state index is 11.5. The molecule has 0 amide bonds. The molecule has 1 fully saturated rings. The topological polar surface area (TPSA) is 47.6 Å². The van der Waals surface area contributed by atoms with Crippen molar-refractivity contribution in [2.24, 2.45) is 0 Å². The fraction of sp³-hybridized carbons (Fsp3) is 0.900. The maximum Gasteiger partial charge on any atom is 0.328 e. The zero-order valence-corrected chi connectivity index (χ0v) is 9.13. The first-order chi connectivity index (χ1) is 6.62. The Morgan fingerprint density at radius 3 is 2.64 bits per heavy atom. The van der Waals surface area contributed by atoms with Crippen molar-refractivity contribution >= 4 is 5.97 Å². The van der Waals surface area contributed by atoms with Gasteiger partial charge in [0.25, 0.3) is 0 Å². The minimum atomic E-state index is -0.689. The lowest BCUT2D eigenvalue weighted by Crippen LogP contribution is -2.54. The van der Waals surface area contributed by atoms with E-state index in [0.29, 0.717) is 19.3 Å². The predicted molar refractivity (Wildman–Crippen MR) is 53.1 cm³/mol. The van der Waals surface area contributed by atoms with Gasteiger partial charge in [-0.15, -0.1) is 0 Å². The van der Waals surface area contributed by atoms with Crippen LogP contribution in [0.3, 0.4) is 0 Å². The van der Waals surface area contributed by atoms with Gasteiger partial charge in [-0.3, -0.25) is 5.32 Å². The van der Waals surface area contributed by atoms with Crippen LogP contribution in [0.25, 0.3) is 0 Å². The average Bonchev–Trinajstić information content (AvgIpc) is 2.97. The minimum Gasteiger partial charge on any atom is -0.468 e. The van der Waals surface area contributed by atoms with Crippen LogP contribution >= 0.6 is 0 Å². The Hall–Kier alpha value is -0.610. The molecule has 1 saturated carbocycles. The quantitative estimate of drug-likeness (QED) is 0.643. The summed E-state index contributed by atoms with van der Waals surface area (Å²) >= 11 is 0. The van der Waals surface area contributed by atoms with Crippen LogP contribution in [0.5, 0.6) is 0 Å². The molecule has 0 saturated heterocycles. The van der Waals surface area contributed by atoms with Crippen molar-refractivity contribution in [1.29, 1.82) is 0 Å². The van der Waals surface area contributed by atoms with E-state index in [4.69, 9.17) is 9.47 Å². The van der Waals surface area contributed by atoms with E-state index in [-0.39, 0.29) is 5.97 Å². The van der Waals surface area contributed by atoms with Gasteiger partial charge in [0.2, 0.25) is 0 Å². The van der Waals surface area contributed by atoms with Gasteiger partial charge >= 0.3 is 5.97 Å². The lowest BCUT2D eigenvalue weighted by Gasteiger charge is -2.27. The molecule has 0 bridgehead atoms. The van der Waals surface area contributed by atoms with Gasteiger partial charge in [0, 0.05) is 12.6 Å². The molecule has 1 unspecified atom stereocenters. The Morgan fingerprint density at radius 1 is 1.57 bits per heavy atom. The number of hydrogen-bond donors (Lipinski definition) is 1. The Kier molecular flexibility index (Phi) is 3.89. The van der Waals surface area contributed by atoms with E-state index < -0.39 is 5.54 Å². The number of ether oxygens (including phenoxy) is 2. The molecule has 0 aromatic rings. The fourth-order valence-electron chi connectivity index (χ4n) is 1.37. The standard InChI is InChI=1S/C10H19NO3/c1-4-14-7-10(2,9(12)13-3)11-8-5-6-8/h8,11H,4-7H2,1-3H3. The molecule has 1 N–H and O–H groups in total. The van der Waals surface area contributed by atoms with Gasteiger partial charge in [-0.1, -0.05) is 0 Å². The van der Waals surface area contributed by atoms with Crippen LogP contribution in [0, 0.1) is 0 Å². The van der Waals surface area contributed by atoms with Crippen molar-refractivity contribution in [3.05, 3.63) is 0 Å². The summed E-state index contributed by atoms with van der Waals surface area (Å²) in [6, 6.07) is 0.458. The monoisotopic (exact) mass is 201 g/mol. The number of nitrogens with one attached hydrogen (secondary N) is 1. The SMILES string of the molecule is CCOCC(C)(NC1CC1)C(=O)OC. The van der Waals surface area contributed by atoms with Gasteiger partial charge in [0.05, 0.1) is 13.7 Å². The number of methoxy groups -OCH3 is 1. The second-order valence-electron chi connectivity index (χ2n) is 3.88. The number of rotatable bonds is 6. The van der Waals surface area contributed by atoms with Crippen LogP contribution in [0.2, 0.25) is 0 Å². The Balaban J connectivity index is 2.51. The van der Waals surface area contributed by atoms with Gasteiger partial charge in [0.15, 0.2) is 0 Å². The highest BCUT2D eigenvalue weighted by Crippen LogP contribution is 2.23.